The normalized spacial score (nSPS) is 10.7. The molecule has 0 bridgehead atoms. The van der Waals surface area contributed by atoms with Gasteiger partial charge in [-0.3, -0.25) is 4.79 Å². The van der Waals surface area contributed by atoms with Crippen molar-refractivity contribution in [3.05, 3.63) is 55.2 Å². The highest BCUT2D eigenvalue weighted by Crippen LogP contribution is 2.28. The molecule has 0 saturated heterocycles. The second-order valence-corrected chi connectivity index (χ2v) is 6.28. The van der Waals surface area contributed by atoms with E-state index in [4.69, 9.17) is 11.6 Å². The third-order valence-corrected chi connectivity index (χ3v) is 4.62. The minimum absolute atomic E-state index is 0.0775. The first-order chi connectivity index (χ1) is 8.41. The molecule has 1 aromatic carbocycles. The van der Waals surface area contributed by atoms with Crippen molar-refractivity contribution in [1.29, 1.82) is 0 Å². The molecule has 2 aromatic rings. The van der Waals surface area contributed by atoms with Gasteiger partial charge in [0.05, 0.1) is 9.21 Å². The summed E-state index contributed by atoms with van der Waals surface area (Å²) < 4.78 is 0.651. The Morgan fingerprint density at radius 3 is 2.06 bits per heavy atom. The number of rotatable bonds is 2. The number of benzene rings is 1. The van der Waals surface area contributed by atoms with Crippen LogP contribution in [0.15, 0.2) is 18.2 Å². The molecule has 0 saturated carbocycles. The van der Waals surface area contributed by atoms with Crippen molar-refractivity contribution in [2.45, 2.75) is 27.7 Å². The molecule has 0 N–H and O–H groups in total. The molecule has 2 rings (SSSR count). The molecule has 18 heavy (non-hydrogen) atoms. The van der Waals surface area contributed by atoms with E-state index in [2.05, 4.69) is 6.07 Å². The summed E-state index contributed by atoms with van der Waals surface area (Å²) in [6.45, 7) is 8.09. The topological polar surface area (TPSA) is 17.1 Å². The lowest BCUT2D eigenvalue weighted by Crippen LogP contribution is -2.07. The Kier molecular flexibility index (Phi) is 3.60. The van der Waals surface area contributed by atoms with Crippen molar-refractivity contribution in [3.63, 3.8) is 0 Å². The van der Waals surface area contributed by atoms with Gasteiger partial charge in [0, 0.05) is 5.56 Å². The van der Waals surface area contributed by atoms with Crippen molar-refractivity contribution in [1.82, 2.24) is 0 Å². The van der Waals surface area contributed by atoms with E-state index in [9.17, 15) is 4.79 Å². The van der Waals surface area contributed by atoms with Crippen LogP contribution in [-0.4, -0.2) is 5.78 Å². The lowest BCUT2D eigenvalue weighted by Gasteiger charge is -2.13. The van der Waals surface area contributed by atoms with Gasteiger partial charge in [-0.25, -0.2) is 0 Å². The summed E-state index contributed by atoms with van der Waals surface area (Å²) in [4.78, 5) is 13.3. The average Bonchev–Trinajstić information content (AvgIpc) is 2.73. The summed E-state index contributed by atoms with van der Waals surface area (Å²) in [5.41, 5.74) is 5.26. The highest BCUT2D eigenvalue weighted by Gasteiger charge is 2.18. The summed E-state index contributed by atoms with van der Waals surface area (Å²) in [6, 6.07) is 5.70. The highest BCUT2D eigenvalue weighted by atomic mass is 35.5. The first kappa shape index (κ1) is 13.3. The summed E-state index contributed by atoms with van der Waals surface area (Å²) in [6.07, 6.45) is 0. The molecule has 0 spiro atoms. The minimum atomic E-state index is 0.0775. The van der Waals surface area contributed by atoms with Crippen LogP contribution in [-0.2, 0) is 0 Å². The van der Waals surface area contributed by atoms with Crippen molar-refractivity contribution < 1.29 is 4.79 Å². The number of carbonyl (C=O) groups is 1. The van der Waals surface area contributed by atoms with Crippen LogP contribution in [0.1, 0.15) is 37.5 Å². The number of halogens is 1. The molecule has 1 heterocycles. The molecule has 0 atom stereocenters. The smallest absolute Gasteiger partial charge is 0.203 e. The second-order valence-electron chi connectivity index (χ2n) is 4.57. The van der Waals surface area contributed by atoms with Crippen LogP contribution in [0, 0.1) is 27.7 Å². The zero-order valence-electron chi connectivity index (χ0n) is 10.9. The van der Waals surface area contributed by atoms with Crippen LogP contribution in [0.25, 0.3) is 0 Å². The predicted molar refractivity (Wildman–Crippen MR) is 78.2 cm³/mol. The fourth-order valence-electron chi connectivity index (χ4n) is 2.12. The number of carbonyl (C=O) groups excluding carboxylic acids is 1. The van der Waals surface area contributed by atoms with Crippen LogP contribution in [0.3, 0.4) is 0 Å². The van der Waals surface area contributed by atoms with Gasteiger partial charge in [0.25, 0.3) is 0 Å². The largest absolute Gasteiger partial charge is 0.288 e. The number of ketones is 1. The van der Waals surface area contributed by atoms with E-state index in [-0.39, 0.29) is 5.78 Å². The fourth-order valence-corrected chi connectivity index (χ4v) is 3.11. The van der Waals surface area contributed by atoms with Gasteiger partial charge in [0.2, 0.25) is 5.78 Å². The van der Waals surface area contributed by atoms with E-state index in [1.165, 1.54) is 11.3 Å². The Morgan fingerprint density at radius 1 is 1.06 bits per heavy atom. The summed E-state index contributed by atoms with van der Waals surface area (Å²) in [5.74, 6) is 0.0775. The number of hydrogen-bond acceptors (Lipinski definition) is 2. The zero-order chi connectivity index (χ0) is 13.4. The van der Waals surface area contributed by atoms with E-state index in [0.717, 1.165) is 27.8 Å². The first-order valence-electron chi connectivity index (χ1n) is 5.79. The summed E-state index contributed by atoms with van der Waals surface area (Å²) in [7, 11) is 0. The number of hydrogen-bond donors (Lipinski definition) is 0. The summed E-state index contributed by atoms with van der Waals surface area (Å²) in [5, 5.41) is 0. The maximum Gasteiger partial charge on any atom is 0.203 e. The Bertz CT molecular complexity index is 599. The second kappa shape index (κ2) is 4.87. The molecule has 0 aliphatic rings. The Balaban J connectivity index is 2.61. The molecule has 94 valence electrons. The van der Waals surface area contributed by atoms with Crippen LogP contribution in [0.4, 0.5) is 0 Å². The van der Waals surface area contributed by atoms with Crippen LogP contribution in [0.2, 0.25) is 4.34 Å². The van der Waals surface area contributed by atoms with Crippen LogP contribution < -0.4 is 0 Å². The zero-order valence-corrected chi connectivity index (χ0v) is 12.5. The standard InChI is InChI=1S/C15H15ClOS/c1-8-7-9(2)11(4)14(10(8)3)15(17)12-5-6-13(16)18-12/h5-7H,1-4H3. The minimum Gasteiger partial charge on any atom is -0.288 e. The predicted octanol–water partition coefficient (Wildman–Crippen LogP) is 4.87. The maximum absolute atomic E-state index is 12.6. The monoisotopic (exact) mass is 278 g/mol. The molecule has 0 aliphatic carbocycles. The molecular weight excluding hydrogens is 264 g/mol. The Labute approximate surface area is 116 Å². The van der Waals surface area contributed by atoms with Gasteiger partial charge in [-0.1, -0.05) is 17.7 Å². The van der Waals surface area contributed by atoms with Gasteiger partial charge < -0.3 is 0 Å². The number of aryl methyl sites for hydroxylation is 2. The van der Waals surface area contributed by atoms with Gasteiger partial charge in [-0.15, -0.1) is 11.3 Å². The molecule has 0 radical (unpaired) electrons. The summed E-state index contributed by atoms with van der Waals surface area (Å²) >= 11 is 7.24. The molecular formula is C15H15ClOS. The molecule has 1 aromatic heterocycles. The van der Waals surface area contributed by atoms with Crippen LogP contribution in [0.5, 0.6) is 0 Å². The van der Waals surface area contributed by atoms with E-state index in [0.29, 0.717) is 9.21 Å². The van der Waals surface area contributed by atoms with E-state index in [1.807, 2.05) is 27.7 Å². The number of thiophene rings is 1. The van der Waals surface area contributed by atoms with Gasteiger partial charge >= 0.3 is 0 Å². The third-order valence-electron chi connectivity index (χ3n) is 3.39. The van der Waals surface area contributed by atoms with Crippen molar-refractivity contribution >= 4 is 28.7 Å². The Hall–Kier alpha value is -1.12. The first-order valence-corrected chi connectivity index (χ1v) is 6.98. The SMILES string of the molecule is Cc1cc(C)c(C)c(C(=O)c2ccc(Cl)s2)c1C. The molecule has 0 aliphatic heterocycles. The van der Waals surface area contributed by atoms with Crippen molar-refractivity contribution in [2.75, 3.05) is 0 Å². The van der Waals surface area contributed by atoms with Gasteiger partial charge in [-0.05, 0) is 62.1 Å². The van der Waals surface area contributed by atoms with Gasteiger partial charge in [0.15, 0.2) is 0 Å². The fraction of sp³-hybridized carbons (Fsp3) is 0.267. The molecule has 0 unspecified atom stereocenters. The van der Waals surface area contributed by atoms with Crippen LogP contribution >= 0.6 is 22.9 Å². The van der Waals surface area contributed by atoms with Gasteiger partial charge in [-0.2, -0.15) is 0 Å². The van der Waals surface area contributed by atoms with E-state index < -0.39 is 0 Å². The van der Waals surface area contributed by atoms with E-state index >= 15 is 0 Å². The van der Waals surface area contributed by atoms with Gasteiger partial charge in [0.1, 0.15) is 0 Å². The van der Waals surface area contributed by atoms with Crippen molar-refractivity contribution in [2.24, 2.45) is 0 Å². The third kappa shape index (κ3) is 2.23. The lowest BCUT2D eigenvalue weighted by molar-refractivity contribution is 0.104. The quantitative estimate of drug-likeness (QED) is 0.717. The molecule has 3 heteroatoms. The lowest BCUT2D eigenvalue weighted by atomic mass is 9.91. The molecule has 1 nitrogen and oxygen atoms in total. The Morgan fingerprint density at radius 2 is 1.61 bits per heavy atom. The van der Waals surface area contributed by atoms with E-state index in [1.54, 1.807) is 12.1 Å². The van der Waals surface area contributed by atoms with Crippen molar-refractivity contribution in [3.8, 4) is 0 Å². The average molecular weight is 279 g/mol. The molecule has 0 fully saturated rings. The maximum atomic E-state index is 12.6. The highest BCUT2D eigenvalue weighted by molar-refractivity contribution is 7.18. The molecule has 0 amide bonds.